The van der Waals surface area contributed by atoms with Crippen molar-refractivity contribution in [2.24, 2.45) is 11.8 Å². The lowest BCUT2D eigenvalue weighted by Gasteiger charge is -2.30. The summed E-state index contributed by atoms with van der Waals surface area (Å²) >= 11 is 0. The van der Waals surface area contributed by atoms with Crippen molar-refractivity contribution in [3.8, 4) is 0 Å². The van der Waals surface area contributed by atoms with Crippen LogP contribution in [0, 0.1) is 11.8 Å². The molecule has 2 atom stereocenters. The van der Waals surface area contributed by atoms with Crippen molar-refractivity contribution in [3.05, 3.63) is 0 Å². The third-order valence-corrected chi connectivity index (χ3v) is 3.66. The Kier molecular flexibility index (Phi) is 6.45. The molecular formula is C14H30N2O. The van der Waals surface area contributed by atoms with E-state index in [0.717, 1.165) is 19.6 Å². The molecule has 1 aliphatic rings. The van der Waals surface area contributed by atoms with Gasteiger partial charge >= 0.3 is 0 Å². The SMILES string of the molecule is CC(C)(C)NCCNCC1CCCCC1CO. The quantitative estimate of drug-likeness (QED) is 0.622. The summed E-state index contributed by atoms with van der Waals surface area (Å²) in [5.74, 6) is 1.22. The lowest BCUT2D eigenvalue weighted by molar-refractivity contribution is 0.133. The lowest BCUT2D eigenvalue weighted by Crippen LogP contribution is -2.41. The molecule has 0 aliphatic heterocycles. The van der Waals surface area contributed by atoms with Crippen LogP contribution < -0.4 is 10.6 Å². The molecule has 0 amide bonds. The number of aliphatic hydroxyl groups is 1. The first kappa shape index (κ1) is 14.9. The molecule has 0 spiro atoms. The molecule has 102 valence electrons. The highest BCUT2D eigenvalue weighted by Crippen LogP contribution is 2.28. The molecule has 0 bridgehead atoms. The summed E-state index contributed by atoms with van der Waals surface area (Å²) in [6, 6.07) is 0. The zero-order valence-corrected chi connectivity index (χ0v) is 11.8. The summed E-state index contributed by atoms with van der Waals surface area (Å²) in [6.07, 6.45) is 5.13. The van der Waals surface area contributed by atoms with Gasteiger partial charge in [0.2, 0.25) is 0 Å². The maximum atomic E-state index is 9.33. The second-order valence-corrected chi connectivity index (χ2v) is 6.37. The molecule has 1 fully saturated rings. The summed E-state index contributed by atoms with van der Waals surface area (Å²) in [6.45, 7) is 10.0. The van der Waals surface area contributed by atoms with Gasteiger partial charge in [-0.3, -0.25) is 0 Å². The molecule has 0 aromatic heterocycles. The first-order valence-electron chi connectivity index (χ1n) is 7.09. The van der Waals surface area contributed by atoms with Crippen molar-refractivity contribution >= 4 is 0 Å². The molecule has 3 N–H and O–H groups in total. The molecule has 1 aliphatic carbocycles. The highest BCUT2D eigenvalue weighted by atomic mass is 16.3. The Labute approximate surface area is 106 Å². The van der Waals surface area contributed by atoms with Gasteiger partial charge in [-0.15, -0.1) is 0 Å². The van der Waals surface area contributed by atoms with Gasteiger partial charge in [0, 0.05) is 25.2 Å². The topological polar surface area (TPSA) is 44.3 Å². The van der Waals surface area contributed by atoms with Crippen molar-refractivity contribution in [1.82, 2.24) is 10.6 Å². The fourth-order valence-electron chi connectivity index (χ4n) is 2.61. The Hall–Kier alpha value is -0.120. The van der Waals surface area contributed by atoms with Gasteiger partial charge in [-0.25, -0.2) is 0 Å². The molecular weight excluding hydrogens is 212 g/mol. The van der Waals surface area contributed by atoms with Gasteiger partial charge < -0.3 is 15.7 Å². The van der Waals surface area contributed by atoms with E-state index in [2.05, 4.69) is 31.4 Å². The zero-order valence-electron chi connectivity index (χ0n) is 11.8. The van der Waals surface area contributed by atoms with E-state index in [1.807, 2.05) is 0 Å². The van der Waals surface area contributed by atoms with Gasteiger partial charge in [0.15, 0.2) is 0 Å². The van der Waals surface area contributed by atoms with Gasteiger partial charge in [0.1, 0.15) is 0 Å². The molecule has 1 saturated carbocycles. The van der Waals surface area contributed by atoms with Crippen molar-refractivity contribution in [3.63, 3.8) is 0 Å². The van der Waals surface area contributed by atoms with Crippen molar-refractivity contribution in [2.45, 2.75) is 52.0 Å². The zero-order chi connectivity index (χ0) is 12.7. The third-order valence-electron chi connectivity index (χ3n) is 3.66. The van der Waals surface area contributed by atoms with E-state index >= 15 is 0 Å². The molecule has 0 radical (unpaired) electrons. The molecule has 17 heavy (non-hydrogen) atoms. The smallest absolute Gasteiger partial charge is 0.0462 e. The van der Waals surface area contributed by atoms with Crippen LogP contribution in [0.4, 0.5) is 0 Å². The van der Waals surface area contributed by atoms with Crippen LogP contribution >= 0.6 is 0 Å². The summed E-state index contributed by atoms with van der Waals surface area (Å²) in [5.41, 5.74) is 0.208. The average Bonchev–Trinajstić information content (AvgIpc) is 2.27. The van der Waals surface area contributed by atoms with Crippen LogP contribution in [0.5, 0.6) is 0 Å². The maximum Gasteiger partial charge on any atom is 0.0462 e. The van der Waals surface area contributed by atoms with E-state index in [9.17, 15) is 5.11 Å². The van der Waals surface area contributed by atoms with Crippen molar-refractivity contribution in [2.75, 3.05) is 26.2 Å². The van der Waals surface area contributed by atoms with Gasteiger partial charge in [-0.2, -0.15) is 0 Å². The third kappa shape index (κ3) is 6.39. The first-order valence-corrected chi connectivity index (χ1v) is 7.09. The van der Waals surface area contributed by atoms with Gasteiger partial charge in [0.05, 0.1) is 0 Å². The number of aliphatic hydroxyl groups excluding tert-OH is 1. The normalized spacial score (nSPS) is 26.1. The Balaban J connectivity index is 2.08. The molecule has 1 rings (SSSR count). The van der Waals surface area contributed by atoms with Crippen LogP contribution in [0.15, 0.2) is 0 Å². The van der Waals surface area contributed by atoms with Crippen molar-refractivity contribution in [1.29, 1.82) is 0 Å². The molecule has 0 saturated heterocycles. The van der Waals surface area contributed by atoms with Gasteiger partial charge in [0.25, 0.3) is 0 Å². The minimum Gasteiger partial charge on any atom is -0.396 e. The minimum atomic E-state index is 0.208. The number of hydrogen-bond donors (Lipinski definition) is 3. The monoisotopic (exact) mass is 242 g/mol. The Bertz CT molecular complexity index is 201. The van der Waals surface area contributed by atoms with Crippen LogP contribution in [0.3, 0.4) is 0 Å². The van der Waals surface area contributed by atoms with E-state index in [1.165, 1.54) is 25.7 Å². The van der Waals surface area contributed by atoms with Crippen LogP contribution in [-0.2, 0) is 0 Å². The fraction of sp³-hybridized carbons (Fsp3) is 1.00. The Morgan fingerprint density at radius 2 is 1.71 bits per heavy atom. The summed E-state index contributed by atoms with van der Waals surface area (Å²) < 4.78 is 0. The molecule has 0 aromatic rings. The lowest BCUT2D eigenvalue weighted by atomic mass is 9.79. The average molecular weight is 242 g/mol. The van der Waals surface area contributed by atoms with E-state index in [1.54, 1.807) is 0 Å². The minimum absolute atomic E-state index is 0.208. The van der Waals surface area contributed by atoms with Crippen LogP contribution in [0.1, 0.15) is 46.5 Å². The summed E-state index contributed by atoms with van der Waals surface area (Å²) in [5, 5.41) is 16.3. The summed E-state index contributed by atoms with van der Waals surface area (Å²) in [4.78, 5) is 0. The Morgan fingerprint density at radius 1 is 1.06 bits per heavy atom. The van der Waals surface area contributed by atoms with E-state index in [4.69, 9.17) is 0 Å². The molecule has 3 nitrogen and oxygen atoms in total. The number of hydrogen-bond acceptors (Lipinski definition) is 3. The molecule has 0 aromatic carbocycles. The second kappa shape index (κ2) is 7.34. The van der Waals surface area contributed by atoms with Gasteiger partial charge in [-0.05, 0) is 52.0 Å². The van der Waals surface area contributed by atoms with Crippen molar-refractivity contribution < 1.29 is 5.11 Å². The van der Waals surface area contributed by atoms with Crippen LogP contribution in [0.25, 0.3) is 0 Å². The van der Waals surface area contributed by atoms with Gasteiger partial charge in [-0.1, -0.05) is 12.8 Å². The molecule has 0 heterocycles. The van der Waals surface area contributed by atoms with Crippen LogP contribution in [-0.4, -0.2) is 36.9 Å². The molecule has 2 unspecified atom stereocenters. The van der Waals surface area contributed by atoms with E-state index in [0.29, 0.717) is 18.4 Å². The predicted molar refractivity (Wildman–Crippen MR) is 73.2 cm³/mol. The first-order chi connectivity index (χ1) is 8.03. The van der Waals surface area contributed by atoms with E-state index in [-0.39, 0.29) is 5.54 Å². The van der Waals surface area contributed by atoms with Crippen LogP contribution in [0.2, 0.25) is 0 Å². The highest BCUT2D eigenvalue weighted by molar-refractivity contribution is 4.77. The fourth-order valence-corrected chi connectivity index (χ4v) is 2.61. The molecule has 3 heteroatoms. The Morgan fingerprint density at radius 3 is 2.29 bits per heavy atom. The highest BCUT2D eigenvalue weighted by Gasteiger charge is 2.23. The largest absolute Gasteiger partial charge is 0.396 e. The van der Waals surface area contributed by atoms with E-state index < -0.39 is 0 Å². The maximum absolute atomic E-state index is 9.33. The summed E-state index contributed by atoms with van der Waals surface area (Å²) in [7, 11) is 0. The standard InChI is InChI=1S/C14H30N2O/c1-14(2,3)16-9-8-15-10-12-6-4-5-7-13(12)11-17/h12-13,15-17H,4-11H2,1-3H3. The number of rotatable bonds is 6. The second-order valence-electron chi connectivity index (χ2n) is 6.37. The predicted octanol–water partition coefficient (Wildman–Crippen LogP) is 1.76. The number of nitrogens with one attached hydrogen (secondary N) is 2.